The Morgan fingerprint density at radius 3 is 2.73 bits per heavy atom. The number of amides is 2. The molecule has 3 N–H and O–H groups in total. The van der Waals surface area contributed by atoms with Gasteiger partial charge in [-0.2, -0.15) is 15.3 Å². The number of rotatable bonds is 5. The smallest absolute Gasteiger partial charge is 0.276 e. The molecule has 0 bridgehead atoms. The van der Waals surface area contributed by atoms with Crippen molar-refractivity contribution < 1.29 is 9.59 Å². The van der Waals surface area contributed by atoms with Gasteiger partial charge in [0.25, 0.3) is 5.91 Å². The number of nitrogens with one attached hydrogen (secondary N) is 3. The van der Waals surface area contributed by atoms with E-state index in [4.69, 9.17) is 5.10 Å². The van der Waals surface area contributed by atoms with Crippen LogP contribution in [0.2, 0.25) is 0 Å². The van der Waals surface area contributed by atoms with Crippen LogP contribution in [0.4, 0.5) is 5.69 Å². The summed E-state index contributed by atoms with van der Waals surface area (Å²) in [6, 6.07) is 11.8. The normalized spacial score (nSPS) is 16.6. The molecule has 7 rings (SSSR count). The highest BCUT2D eigenvalue weighted by atomic mass is 16.2. The first kappa shape index (κ1) is 21.5. The van der Waals surface area contributed by atoms with Crippen molar-refractivity contribution in [1.82, 2.24) is 35.1 Å². The number of fused-ring (bicyclic) bond motifs is 2. The summed E-state index contributed by atoms with van der Waals surface area (Å²) in [4.78, 5) is 27.2. The zero-order valence-corrected chi connectivity index (χ0v) is 19.9. The first-order valence-corrected chi connectivity index (χ1v) is 12.2. The summed E-state index contributed by atoms with van der Waals surface area (Å²) in [5.74, 6) is -0.283. The molecule has 4 heterocycles. The topological polar surface area (TPSA) is 125 Å². The predicted octanol–water partition coefficient (Wildman–Crippen LogP) is 3.90. The summed E-state index contributed by atoms with van der Waals surface area (Å²) in [6.07, 6.45) is 8.53. The fourth-order valence-electron chi connectivity index (χ4n) is 5.81. The Morgan fingerprint density at radius 1 is 1.08 bits per heavy atom. The molecule has 1 aliphatic carbocycles. The standard InChI is InChI=1S/C27H24N8O2/c1-2-24(36)34-14-27(15-34)9-20(10-27)35-23-6-3-16(18-12-28-29-13-18)8-21(23)25(33-35)26(37)31-19-4-5-22-17(7-19)11-30-32-22/h2-8,11-13,20H,1,9-10,14-15H2,(H,28,29)(H,30,32)(H,31,37). The van der Waals surface area contributed by atoms with Crippen LogP contribution in [0.1, 0.15) is 29.4 Å². The second-order valence-corrected chi connectivity index (χ2v) is 10.1. The van der Waals surface area contributed by atoms with Gasteiger partial charge in [0.15, 0.2) is 5.69 Å². The van der Waals surface area contributed by atoms with Gasteiger partial charge in [-0.1, -0.05) is 12.6 Å². The summed E-state index contributed by atoms with van der Waals surface area (Å²) in [5.41, 5.74) is 4.91. The van der Waals surface area contributed by atoms with Gasteiger partial charge in [-0.3, -0.25) is 24.5 Å². The summed E-state index contributed by atoms with van der Waals surface area (Å²) >= 11 is 0. The molecule has 1 saturated heterocycles. The van der Waals surface area contributed by atoms with Crippen LogP contribution in [-0.4, -0.2) is 60.0 Å². The zero-order valence-electron chi connectivity index (χ0n) is 19.9. The third-order valence-corrected chi connectivity index (χ3v) is 7.67. The van der Waals surface area contributed by atoms with Gasteiger partial charge in [0.1, 0.15) is 0 Å². The largest absolute Gasteiger partial charge is 0.338 e. The van der Waals surface area contributed by atoms with E-state index in [-0.39, 0.29) is 23.3 Å². The number of H-pyrrole nitrogens is 2. The van der Waals surface area contributed by atoms with Crippen LogP contribution < -0.4 is 5.32 Å². The molecule has 0 unspecified atom stereocenters. The fraction of sp³-hybridized carbons (Fsp3) is 0.222. The molecule has 1 aliphatic heterocycles. The average molecular weight is 493 g/mol. The second kappa shape index (κ2) is 7.89. The molecule has 10 heteroatoms. The first-order chi connectivity index (χ1) is 18.0. The lowest BCUT2D eigenvalue weighted by Crippen LogP contribution is -2.63. The van der Waals surface area contributed by atoms with Gasteiger partial charge in [0, 0.05) is 46.7 Å². The minimum absolute atomic E-state index is 0.0158. The van der Waals surface area contributed by atoms with E-state index in [0.29, 0.717) is 11.4 Å². The van der Waals surface area contributed by atoms with Gasteiger partial charge >= 0.3 is 0 Å². The Bertz CT molecular complexity index is 1680. The molecule has 0 radical (unpaired) electrons. The first-order valence-electron chi connectivity index (χ1n) is 12.2. The molecule has 184 valence electrons. The van der Waals surface area contributed by atoms with Crippen molar-refractivity contribution in [3.8, 4) is 11.1 Å². The SMILES string of the molecule is C=CC(=O)N1CC2(CC(n3nc(C(=O)Nc4ccc5[nH]ncc5c4)c4cc(-c5cn[nH]c5)ccc43)C2)C1. The highest BCUT2D eigenvalue weighted by molar-refractivity contribution is 6.12. The minimum Gasteiger partial charge on any atom is -0.338 e. The molecule has 5 aromatic rings. The summed E-state index contributed by atoms with van der Waals surface area (Å²) in [5, 5.41) is 23.4. The number of carbonyl (C=O) groups is 2. The van der Waals surface area contributed by atoms with Crippen molar-refractivity contribution in [3.05, 3.63) is 73.3 Å². The minimum atomic E-state index is -0.267. The lowest BCUT2D eigenvalue weighted by Gasteiger charge is -2.58. The average Bonchev–Trinajstić information content (AvgIpc) is 3.61. The molecule has 2 fully saturated rings. The summed E-state index contributed by atoms with van der Waals surface area (Å²) in [6.45, 7) is 5.09. The van der Waals surface area contributed by atoms with Crippen molar-refractivity contribution >= 4 is 39.3 Å². The highest BCUT2D eigenvalue weighted by Crippen LogP contribution is 2.54. The van der Waals surface area contributed by atoms with Crippen molar-refractivity contribution in [3.63, 3.8) is 0 Å². The van der Waals surface area contributed by atoms with Crippen molar-refractivity contribution in [2.45, 2.75) is 18.9 Å². The Hall–Kier alpha value is -4.73. The van der Waals surface area contributed by atoms with Gasteiger partial charge in [0.05, 0.1) is 29.5 Å². The van der Waals surface area contributed by atoms with Crippen molar-refractivity contribution in [2.75, 3.05) is 18.4 Å². The number of aromatic nitrogens is 6. The van der Waals surface area contributed by atoms with Crippen LogP contribution in [0.3, 0.4) is 0 Å². The molecule has 3 aromatic heterocycles. The van der Waals surface area contributed by atoms with Crippen LogP contribution >= 0.6 is 0 Å². The van der Waals surface area contributed by atoms with Gasteiger partial charge in [-0.05, 0) is 54.8 Å². The van der Waals surface area contributed by atoms with E-state index in [0.717, 1.165) is 58.9 Å². The number of nitrogens with zero attached hydrogens (tertiary/aromatic N) is 5. The second-order valence-electron chi connectivity index (χ2n) is 10.1. The Balaban J connectivity index is 1.21. The molecular formula is C27H24N8O2. The molecule has 2 amide bonds. The number of anilines is 1. The lowest BCUT2D eigenvalue weighted by atomic mass is 9.60. The van der Waals surface area contributed by atoms with E-state index in [2.05, 4.69) is 32.3 Å². The van der Waals surface area contributed by atoms with E-state index in [9.17, 15) is 9.59 Å². The van der Waals surface area contributed by atoms with E-state index >= 15 is 0 Å². The van der Waals surface area contributed by atoms with Gasteiger partial charge in [-0.15, -0.1) is 0 Å². The lowest BCUT2D eigenvalue weighted by molar-refractivity contribution is -0.148. The van der Waals surface area contributed by atoms with Crippen LogP contribution in [0.25, 0.3) is 32.9 Å². The van der Waals surface area contributed by atoms with Crippen LogP contribution in [0.15, 0.2) is 67.6 Å². The maximum atomic E-state index is 13.5. The van der Waals surface area contributed by atoms with Crippen LogP contribution in [0.5, 0.6) is 0 Å². The molecule has 0 atom stereocenters. The quantitative estimate of drug-likeness (QED) is 0.321. The molecule has 37 heavy (non-hydrogen) atoms. The molecule has 1 spiro atoms. The van der Waals surface area contributed by atoms with Gasteiger partial charge in [0.2, 0.25) is 5.91 Å². The van der Waals surface area contributed by atoms with E-state index < -0.39 is 0 Å². The Morgan fingerprint density at radius 2 is 1.95 bits per heavy atom. The van der Waals surface area contributed by atoms with E-state index in [1.54, 1.807) is 12.4 Å². The van der Waals surface area contributed by atoms with Gasteiger partial charge in [-0.25, -0.2) is 0 Å². The maximum Gasteiger partial charge on any atom is 0.276 e. The number of hydrogen-bond acceptors (Lipinski definition) is 5. The zero-order chi connectivity index (χ0) is 25.1. The number of likely N-dealkylation sites (tertiary alicyclic amines) is 1. The number of carbonyl (C=O) groups excluding carboxylic acids is 2. The molecule has 2 aliphatic rings. The summed E-state index contributed by atoms with van der Waals surface area (Å²) in [7, 11) is 0. The number of hydrogen-bond donors (Lipinski definition) is 3. The summed E-state index contributed by atoms with van der Waals surface area (Å²) < 4.78 is 1.99. The molecular weight excluding hydrogens is 468 g/mol. The van der Waals surface area contributed by atoms with Crippen LogP contribution in [-0.2, 0) is 4.79 Å². The molecule has 2 aromatic carbocycles. The predicted molar refractivity (Wildman–Crippen MR) is 139 cm³/mol. The van der Waals surface area contributed by atoms with Crippen LogP contribution in [0, 0.1) is 5.41 Å². The highest BCUT2D eigenvalue weighted by Gasteiger charge is 2.54. The third-order valence-electron chi connectivity index (χ3n) is 7.67. The Labute approximate surface area is 211 Å². The molecule has 1 saturated carbocycles. The van der Waals surface area contributed by atoms with Gasteiger partial charge < -0.3 is 10.2 Å². The van der Waals surface area contributed by atoms with Crippen molar-refractivity contribution in [2.24, 2.45) is 5.41 Å². The fourth-order valence-corrected chi connectivity index (χ4v) is 5.81. The Kier molecular flexibility index (Phi) is 4.59. The number of benzene rings is 2. The van der Waals surface area contributed by atoms with E-state index in [1.807, 2.05) is 52.2 Å². The van der Waals surface area contributed by atoms with Crippen molar-refractivity contribution in [1.29, 1.82) is 0 Å². The van der Waals surface area contributed by atoms with E-state index in [1.165, 1.54) is 6.08 Å². The monoisotopic (exact) mass is 492 g/mol. The maximum absolute atomic E-state index is 13.5. The molecule has 10 nitrogen and oxygen atoms in total. The number of aromatic amines is 2. The third kappa shape index (κ3) is 3.44.